The summed E-state index contributed by atoms with van der Waals surface area (Å²) in [6.07, 6.45) is 6.63. The third-order valence-corrected chi connectivity index (χ3v) is 7.01. The van der Waals surface area contributed by atoms with Crippen molar-refractivity contribution in [1.29, 1.82) is 0 Å². The summed E-state index contributed by atoms with van der Waals surface area (Å²) in [6.45, 7) is 5.07. The van der Waals surface area contributed by atoms with E-state index in [9.17, 15) is 14.2 Å². The van der Waals surface area contributed by atoms with Crippen LogP contribution in [0.25, 0.3) is 11.3 Å². The van der Waals surface area contributed by atoms with E-state index < -0.39 is 7.14 Å². The minimum absolute atomic E-state index is 0.0313. The summed E-state index contributed by atoms with van der Waals surface area (Å²) in [5.41, 5.74) is 3.21. The fraction of sp³-hybridized carbons (Fsp3) is 0.320. The van der Waals surface area contributed by atoms with E-state index in [0.29, 0.717) is 51.6 Å². The number of anilines is 3. The number of rotatable bonds is 9. The van der Waals surface area contributed by atoms with Crippen molar-refractivity contribution in [1.82, 2.24) is 15.0 Å². The molecule has 1 saturated carbocycles. The van der Waals surface area contributed by atoms with Crippen molar-refractivity contribution in [2.45, 2.75) is 26.2 Å². The van der Waals surface area contributed by atoms with Gasteiger partial charge in [0.25, 0.3) is 0 Å². The lowest BCUT2D eigenvalue weighted by Gasteiger charge is -2.17. The number of nitrogens with one attached hydrogen (secondary N) is 2. The first kappa shape index (κ1) is 24.5. The van der Waals surface area contributed by atoms with Crippen molar-refractivity contribution in [2.24, 2.45) is 5.92 Å². The number of hydrogen-bond donors (Lipinski definition) is 2. The summed E-state index contributed by atoms with van der Waals surface area (Å²) in [5.74, 6) is 0.755. The highest BCUT2D eigenvalue weighted by Crippen LogP contribution is 2.39. The zero-order valence-electron chi connectivity index (χ0n) is 20.2. The van der Waals surface area contributed by atoms with Crippen molar-refractivity contribution in [3.8, 4) is 17.0 Å². The molecule has 1 aliphatic carbocycles. The van der Waals surface area contributed by atoms with Crippen LogP contribution in [0.3, 0.4) is 0 Å². The third-order valence-electron chi connectivity index (χ3n) is 5.68. The molecule has 1 amide bonds. The largest absolute Gasteiger partial charge is 0.494 e. The van der Waals surface area contributed by atoms with Gasteiger partial charge < -0.3 is 19.9 Å². The Bertz CT molecular complexity index is 1320. The van der Waals surface area contributed by atoms with Gasteiger partial charge in [0.05, 0.1) is 42.1 Å². The lowest BCUT2D eigenvalue weighted by molar-refractivity contribution is -0.117. The topological polar surface area (TPSA) is 123 Å². The molecule has 2 heterocycles. The van der Waals surface area contributed by atoms with E-state index in [1.54, 1.807) is 39.6 Å². The van der Waals surface area contributed by atoms with Gasteiger partial charge in [-0.2, -0.15) is 0 Å². The minimum Gasteiger partial charge on any atom is -0.494 e. The van der Waals surface area contributed by atoms with Crippen LogP contribution in [0.15, 0.2) is 42.9 Å². The molecule has 0 saturated heterocycles. The Morgan fingerprint density at radius 3 is 2.46 bits per heavy atom. The van der Waals surface area contributed by atoms with Gasteiger partial charge in [-0.3, -0.25) is 14.6 Å². The molecule has 0 atom stereocenters. The first-order valence-electron chi connectivity index (χ1n) is 11.4. The molecule has 9 nitrogen and oxygen atoms in total. The van der Waals surface area contributed by atoms with Crippen LogP contribution >= 0.6 is 7.14 Å². The van der Waals surface area contributed by atoms with Gasteiger partial charge in [0.2, 0.25) is 5.91 Å². The van der Waals surface area contributed by atoms with Crippen molar-refractivity contribution < 1.29 is 18.9 Å². The fourth-order valence-corrected chi connectivity index (χ4v) is 4.23. The number of hydrogen-bond acceptors (Lipinski definition) is 8. The second kappa shape index (κ2) is 9.96. The molecule has 3 aromatic rings. The number of nitrogens with zero attached hydrogens (tertiary/aromatic N) is 3. The maximum atomic E-state index is 12.6. The summed E-state index contributed by atoms with van der Waals surface area (Å²) in [6, 6.07) is 7.15. The van der Waals surface area contributed by atoms with E-state index in [1.807, 2.05) is 18.2 Å². The molecule has 4 rings (SSSR count). The predicted octanol–water partition coefficient (Wildman–Crippen LogP) is 4.48. The van der Waals surface area contributed by atoms with Crippen LogP contribution in [0.1, 0.15) is 36.5 Å². The normalized spacial score (nSPS) is 13.3. The SMILES string of the molecule is CCC(=O)c1cnc(NC(=O)C2CC2)cc1Nc1cccc(-c2cnc(P(C)(C)=O)cn2)c1OC. The van der Waals surface area contributed by atoms with E-state index >= 15 is 0 Å². The predicted molar refractivity (Wildman–Crippen MR) is 137 cm³/mol. The van der Waals surface area contributed by atoms with Crippen molar-refractivity contribution in [2.75, 3.05) is 31.1 Å². The molecule has 2 N–H and O–H groups in total. The Morgan fingerprint density at radius 2 is 1.86 bits per heavy atom. The molecular formula is C25H28N5O4P. The molecule has 0 aliphatic heterocycles. The molecule has 0 unspecified atom stereocenters. The van der Waals surface area contributed by atoms with Crippen LogP contribution in [0.5, 0.6) is 5.75 Å². The molecule has 0 radical (unpaired) electrons. The molecule has 0 bridgehead atoms. The molecule has 182 valence electrons. The number of amides is 1. The van der Waals surface area contributed by atoms with Gasteiger partial charge in [0.15, 0.2) is 11.5 Å². The van der Waals surface area contributed by atoms with Crippen molar-refractivity contribution in [3.05, 3.63) is 48.4 Å². The Labute approximate surface area is 204 Å². The standard InChI is InChI=1S/C25H28N5O4P/c1-5-21(31)17-12-27-22(30-25(32)15-9-10-15)11-19(17)29-18-8-6-7-16(24(18)34-2)20-13-28-23(14-26-20)35(3,4)33/h6-8,11-15H,5,9-10H2,1-4H3,(H2,27,29,30,32). The average molecular weight is 494 g/mol. The summed E-state index contributed by atoms with van der Waals surface area (Å²) in [7, 11) is -0.979. The highest BCUT2D eigenvalue weighted by Gasteiger charge is 2.30. The molecule has 10 heteroatoms. The third kappa shape index (κ3) is 5.57. The number of methoxy groups -OCH3 is 1. The van der Waals surface area contributed by atoms with Crippen molar-refractivity contribution >= 4 is 41.5 Å². The molecule has 0 spiro atoms. The zero-order chi connectivity index (χ0) is 25.2. The number of carbonyl (C=O) groups excluding carboxylic acids is 2. The van der Waals surface area contributed by atoms with Crippen LogP contribution < -0.4 is 20.8 Å². The van der Waals surface area contributed by atoms with Gasteiger partial charge in [-0.1, -0.05) is 13.0 Å². The second-order valence-electron chi connectivity index (χ2n) is 8.78. The van der Waals surface area contributed by atoms with Crippen LogP contribution in [0.4, 0.5) is 17.2 Å². The van der Waals surface area contributed by atoms with Crippen LogP contribution in [-0.2, 0) is 9.36 Å². The minimum atomic E-state index is -2.52. The molecule has 1 aromatic carbocycles. The lowest BCUT2D eigenvalue weighted by atomic mass is 10.1. The fourth-order valence-electron chi connectivity index (χ4n) is 3.55. The summed E-state index contributed by atoms with van der Waals surface area (Å²) >= 11 is 0. The van der Waals surface area contributed by atoms with E-state index in [1.165, 1.54) is 12.4 Å². The van der Waals surface area contributed by atoms with E-state index in [4.69, 9.17) is 4.74 Å². The monoisotopic (exact) mass is 493 g/mol. The summed E-state index contributed by atoms with van der Waals surface area (Å²) in [4.78, 5) is 37.9. The number of para-hydroxylation sites is 1. The second-order valence-corrected chi connectivity index (χ2v) is 11.9. The van der Waals surface area contributed by atoms with Gasteiger partial charge in [-0.25, -0.2) is 9.97 Å². The van der Waals surface area contributed by atoms with E-state index in [0.717, 1.165) is 12.8 Å². The maximum absolute atomic E-state index is 12.6. The van der Waals surface area contributed by atoms with Crippen LogP contribution in [0.2, 0.25) is 0 Å². The maximum Gasteiger partial charge on any atom is 0.228 e. The highest BCUT2D eigenvalue weighted by atomic mass is 31.2. The smallest absolute Gasteiger partial charge is 0.228 e. The number of carbonyl (C=O) groups is 2. The Morgan fingerprint density at radius 1 is 1.09 bits per heavy atom. The average Bonchev–Trinajstić information content (AvgIpc) is 3.69. The number of ketones is 1. The Balaban J connectivity index is 1.70. The molecular weight excluding hydrogens is 465 g/mol. The van der Waals surface area contributed by atoms with Gasteiger partial charge in [0, 0.05) is 30.2 Å². The number of Topliss-reactive ketones (excluding diaryl/α,β-unsaturated/α-hetero) is 1. The number of ether oxygens (including phenoxy) is 1. The first-order chi connectivity index (χ1) is 16.7. The Hall–Kier alpha value is -3.58. The number of pyridine rings is 1. The molecule has 35 heavy (non-hydrogen) atoms. The van der Waals surface area contributed by atoms with E-state index in [-0.39, 0.29) is 17.6 Å². The lowest BCUT2D eigenvalue weighted by Crippen LogP contribution is -2.15. The number of aromatic nitrogens is 3. The summed E-state index contributed by atoms with van der Waals surface area (Å²) < 4.78 is 18.0. The van der Waals surface area contributed by atoms with Crippen molar-refractivity contribution in [3.63, 3.8) is 0 Å². The van der Waals surface area contributed by atoms with Gasteiger partial charge in [-0.05, 0) is 38.3 Å². The summed E-state index contributed by atoms with van der Waals surface area (Å²) in [5, 5.41) is 6.11. The van der Waals surface area contributed by atoms with Gasteiger partial charge in [-0.15, -0.1) is 0 Å². The zero-order valence-corrected chi connectivity index (χ0v) is 21.1. The molecule has 2 aromatic heterocycles. The molecule has 1 aliphatic rings. The van der Waals surface area contributed by atoms with Crippen LogP contribution in [0, 0.1) is 5.92 Å². The van der Waals surface area contributed by atoms with Crippen LogP contribution in [-0.4, -0.2) is 47.1 Å². The van der Waals surface area contributed by atoms with Gasteiger partial charge in [0.1, 0.15) is 18.4 Å². The quantitative estimate of drug-likeness (QED) is 0.330. The Kier molecular flexibility index (Phi) is 6.98. The first-order valence-corrected chi connectivity index (χ1v) is 14.0. The van der Waals surface area contributed by atoms with Gasteiger partial charge >= 0.3 is 0 Å². The van der Waals surface area contributed by atoms with E-state index in [2.05, 4.69) is 25.6 Å². The number of benzene rings is 1. The molecule has 1 fully saturated rings. The highest BCUT2D eigenvalue weighted by molar-refractivity contribution is 7.69.